The number of anilines is 2. The first kappa shape index (κ1) is 38.3. The number of hydrogen-bond acceptors (Lipinski definition) is 10. The van der Waals surface area contributed by atoms with Crippen LogP contribution in [0.1, 0.15) is 50.3 Å². The van der Waals surface area contributed by atoms with Crippen LogP contribution in [-0.4, -0.2) is 91.2 Å². The zero-order valence-corrected chi connectivity index (χ0v) is 34.5. The number of halogens is 2. The Morgan fingerprint density at radius 1 is 0.933 bits per heavy atom. The van der Waals surface area contributed by atoms with Crippen molar-refractivity contribution in [2.75, 3.05) is 49.1 Å². The van der Waals surface area contributed by atoms with Gasteiger partial charge in [-0.25, -0.2) is 9.78 Å². The Morgan fingerprint density at radius 3 is 2.42 bits per heavy atom. The first-order valence-electron chi connectivity index (χ1n) is 20.2. The van der Waals surface area contributed by atoms with E-state index in [2.05, 4.69) is 30.3 Å². The van der Waals surface area contributed by atoms with Gasteiger partial charge in [0.25, 0.3) is 0 Å². The molecule has 60 heavy (non-hydrogen) atoms. The van der Waals surface area contributed by atoms with Gasteiger partial charge >= 0.3 is 5.69 Å². The normalized spacial score (nSPS) is 19.7. The standard InChI is InChI=1S/C43H42Cl2N10O5/c1-24(37-29(44)18-46-19-30(37)45)60-27-7-8-31-28(16-27)38(50-49-31)26-6-10-35(47-17-26)53-20-43(21-53)22-54(23-43)41(58)25-12-14-52(15-13-25)32-4-3-5-33-39(32)51(2)42(59)55(33)34-9-11-36(56)48-40(34)57/h3-8,10,16-19,24-25,34H,9,11-15,20-23H2,1-2H3,(H,49,50)(H,48,56,57)/t24-,34?/m1/s1. The van der Waals surface area contributed by atoms with Crippen molar-refractivity contribution in [2.24, 2.45) is 18.4 Å². The fraction of sp³-hybridized carbons (Fsp3) is 0.372. The second-order valence-electron chi connectivity index (χ2n) is 16.6. The maximum absolute atomic E-state index is 13.7. The number of rotatable bonds is 8. The third-order valence-corrected chi connectivity index (χ3v) is 13.3. The van der Waals surface area contributed by atoms with E-state index in [1.54, 1.807) is 24.0 Å². The molecule has 4 fully saturated rings. The van der Waals surface area contributed by atoms with Crippen LogP contribution in [0.15, 0.2) is 71.9 Å². The van der Waals surface area contributed by atoms with Crippen LogP contribution in [0.25, 0.3) is 33.2 Å². The summed E-state index contributed by atoms with van der Waals surface area (Å²) in [4.78, 5) is 67.0. The molecule has 2 atom stereocenters. The van der Waals surface area contributed by atoms with E-state index in [4.69, 9.17) is 32.9 Å². The average molecular weight is 850 g/mol. The third kappa shape index (κ3) is 6.45. The van der Waals surface area contributed by atoms with Crippen LogP contribution >= 0.6 is 23.2 Å². The summed E-state index contributed by atoms with van der Waals surface area (Å²) < 4.78 is 9.35. The van der Waals surface area contributed by atoms with Gasteiger partial charge in [0.15, 0.2) is 0 Å². The Balaban J connectivity index is 0.740. The maximum atomic E-state index is 13.7. The van der Waals surface area contributed by atoms with Gasteiger partial charge in [-0.05, 0) is 68.7 Å². The highest BCUT2D eigenvalue weighted by Gasteiger charge is 2.54. The number of imide groups is 1. The molecule has 6 aromatic rings. The Bertz CT molecular complexity index is 2740. The lowest BCUT2D eigenvalue weighted by Crippen LogP contribution is -2.73. The summed E-state index contributed by atoms with van der Waals surface area (Å²) in [5, 5.41) is 11.9. The predicted molar refractivity (Wildman–Crippen MR) is 227 cm³/mol. The fourth-order valence-corrected chi connectivity index (χ4v) is 10.3. The number of nitrogens with zero attached hydrogens (tertiary/aromatic N) is 8. The Hall–Kier alpha value is -5.93. The van der Waals surface area contributed by atoms with Crippen molar-refractivity contribution >= 4 is 74.4 Å². The van der Waals surface area contributed by atoms with Crippen LogP contribution in [0.3, 0.4) is 0 Å². The van der Waals surface area contributed by atoms with Gasteiger partial charge in [-0.3, -0.25) is 38.9 Å². The molecule has 1 spiro atoms. The summed E-state index contributed by atoms with van der Waals surface area (Å²) in [5.74, 6) is 0.939. The fourth-order valence-electron chi connectivity index (χ4n) is 9.65. The average Bonchev–Trinajstić information content (AvgIpc) is 3.74. The molecule has 4 saturated heterocycles. The molecule has 2 N–H and O–H groups in total. The Labute approximate surface area is 354 Å². The van der Waals surface area contributed by atoms with Crippen LogP contribution in [0, 0.1) is 11.3 Å². The molecule has 308 valence electrons. The number of ether oxygens (including phenoxy) is 1. The van der Waals surface area contributed by atoms with Crippen LogP contribution in [0.2, 0.25) is 10.0 Å². The number of aromatic nitrogens is 6. The van der Waals surface area contributed by atoms with Gasteiger partial charge in [0.1, 0.15) is 29.4 Å². The van der Waals surface area contributed by atoms with Crippen molar-refractivity contribution < 1.29 is 19.1 Å². The van der Waals surface area contributed by atoms with Gasteiger partial charge in [-0.1, -0.05) is 29.3 Å². The molecular weight excluding hydrogens is 807 g/mol. The zero-order valence-electron chi connectivity index (χ0n) is 33.0. The molecule has 1 unspecified atom stereocenters. The highest BCUT2D eigenvalue weighted by molar-refractivity contribution is 6.35. The highest BCUT2D eigenvalue weighted by atomic mass is 35.5. The monoisotopic (exact) mass is 848 g/mol. The van der Waals surface area contributed by atoms with Gasteiger partial charge in [0, 0.05) is 99.2 Å². The topological polar surface area (TPSA) is 164 Å². The van der Waals surface area contributed by atoms with Gasteiger partial charge < -0.3 is 19.4 Å². The van der Waals surface area contributed by atoms with Crippen molar-refractivity contribution in [3.63, 3.8) is 0 Å². The second-order valence-corrected chi connectivity index (χ2v) is 17.4. The van der Waals surface area contributed by atoms with Crippen LogP contribution < -0.4 is 25.5 Å². The van der Waals surface area contributed by atoms with Crippen molar-refractivity contribution in [1.29, 1.82) is 0 Å². The molecule has 4 aliphatic rings. The van der Waals surface area contributed by atoms with Gasteiger partial charge in [-0.2, -0.15) is 5.10 Å². The van der Waals surface area contributed by atoms with Crippen molar-refractivity contribution in [2.45, 2.75) is 44.8 Å². The molecule has 15 nitrogen and oxygen atoms in total. The molecule has 8 heterocycles. The minimum atomic E-state index is -0.738. The molecule has 0 bridgehead atoms. The van der Waals surface area contributed by atoms with E-state index < -0.39 is 18.1 Å². The number of para-hydroxylation sites is 1. The summed E-state index contributed by atoms with van der Waals surface area (Å²) in [7, 11) is 1.72. The number of carbonyl (C=O) groups excluding carboxylic acids is 3. The van der Waals surface area contributed by atoms with Crippen molar-refractivity contribution in [3.05, 3.63) is 93.2 Å². The highest BCUT2D eigenvalue weighted by Crippen LogP contribution is 2.43. The lowest BCUT2D eigenvalue weighted by atomic mass is 9.72. The molecule has 0 saturated carbocycles. The number of hydrogen-bond donors (Lipinski definition) is 2. The number of benzene rings is 2. The van der Waals surface area contributed by atoms with E-state index in [-0.39, 0.29) is 41.7 Å². The van der Waals surface area contributed by atoms with Crippen LogP contribution in [0.4, 0.5) is 11.5 Å². The minimum Gasteiger partial charge on any atom is -0.486 e. The molecular formula is C43H42Cl2N10O5. The minimum absolute atomic E-state index is 0.0531. The van der Waals surface area contributed by atoms with Crippen LogP contribution in [0.5, 0.6) is 5.75 Å². The number of amides is 3. The molecule has 2 aromatic carbocycles. The number of piperidine rings is 2. The number of likely N-dealkylation sites (tertiary alicyclic amines) is 1. The lowest BCUT2D eigenvalue weighted by Gasteiger charge is -2.61. The van der Waals surface area contributed by atoms with E-state index in [9.17, 15) is 19.2 Å². The summed E-state index contributed by atoms with van der Waals surface area (Å²) in [6, 6.07) is 14.8. The van der Waals surface area contributed by atoms with Crippen molar-refractivity contribution in [1.82, 2.24) is 39.5 Å². The van der Waals surface area contributed by atoms with Crippen LogP contribution in [-0.2, 0) is 21.4 Å². The molecule has 4 aromatic heterocycles. The van der Waals surface area contributed by atoms with E-state index in [1.807, 2.05) is 66.6 Å². The molecule has 17 heteroatoms. The molecule has 10 rings (SSSR count). The van der Waals surface area contributed by atoms with E-state index in [0.29, 0.717) is 40.0 Å². The number of fused-ring (bicyclic) bond motifs is 2. The number of aryl methyl sites for hydroxylation is 1. The maximum Gasteiger partial charge on any atom is 0.329 e. The number of pyridine rings is 2. The van der Waals surface area contributed by atoms with E-state index >= 15 is 0 Å². The SMILES string of the molecule is C[C@@H](Oc1ccc2[nH]nc(-c3ccc(N4CC5(CN(C(=O)C6CCN(c7cccc8c7n(C)c(=O)n8C7CCC(=O)NC7=O)CC6)C5)C4)nc3)c2c1)c1c(Cl)cncc1Cl. The molecule has 4 aliphatic heterocycles. The van der Waals surface area contributed by atoms with E-state index in [0.717, 1.165) is 78.2 Å². The number of H-pyrrole nitrogens is 1. The van der Waals surface area contributed by atoms with E-state index in [1.165, 1.54) is 4.57 Å². The molecule has 0 radical (unpaired) electrons. The van der Waals surface area contributed by atoms with Gasteiger partial charge in [0.05, 0.1) is 32.3 Å². The quantitative estimate of drug-likeness (QED) is 0.183. The molecule has 0 aliphatic carbocycles. The second kappa shape index (κ2) is 14.7. The Kier molecular flexibility index (Phi) is 9.35. The van der Waals surface area contributed by atoms with Gasteiger partial charge in [-0.15, -0.1) is 0 Å². The first-order valence-corrected chi connectivity index (χ1v) is 20.9. The first-order chi connectivity index (χ1) is 29.0. The smallest absolute Gasteiger partial charge is 0.329 e. The zero-order chi connectivity index (χ0) is 41.4. The Morgan fingerprint density at radius 2 is 1.70 bits per heavy atom. The van der Waals surface area contributed by atoms with Gasteiger partial charge in [0.2, 0.25) is 17.7 Å². The summed E-state index contributed by atoms with van der Waals surface area (Å²) in [5.41, 5.74) is 5.32. The number of imidazole rings is 1. The molecule has 3 amide bonds. The predicted octanol–water partition coefficient (Wildman–Crippen LogP) is 5.66. The summed E-state index contributed by atoms with van der Waals surface area (Å²) >= 11 is 12.7. The number of aromatic amines is 1. The number of carbonyl (C=O) groups is 3. The summed E-state index contributed by atoms with van der Waals surface area (Å²) in [6.45, 7) is 6.44. The lowest BCUT2D eigenvalue weighted by molar-refractivity contribution is -0.150. The van der Waals surface area contributed by atoms with Crippen molar-refractivity contribution in [3.8, 4) is 17.0 Å². The number of nitrogens with one attached hydrogen (secondary N) is 2. The third-order valence-electron chi connectivity index (χ3n) is 12.7. The largest absolute Gasteiger partial charge is 0.486 e. The summed E-state index contributed by atoms with van der Waals surface area (Å²) in [6.07, 6.45) is 6.47.